The van der Waals surface area contributed by atoms with Crippen molar-refractivity contribution >= 4 is 22.3 Å². The lowest BCUT2D eigenvalue weighted by atomic mass is 10.2. The van der Waals surface area contributed by atoms with Crippen molar-refractivity contribution in [3.8, 4) is 5.75 Å². The second kappa shape index (κ2) is 6.07. The molecule has 0 aliphatic carbocycles. The lowest BCUT2D eigenvalue weighted by molar-refractivity contribution is 0.195. The molecule has 0 bridgehead atoms. The quantitative estimate of drug-likeness (QED) is 0.752. The molecule has 2 heterocycles. The van der Waals surface area contributed by atoms with Gasteiger partial charge >= 0.3 is 0 Å². The minimum absolute atomic E-state index is 0.0573. The predicted octanol–water partition coefficient (Wildman–Crippen LogP) is 3.62. The minimum atomic E-state index is -0.0573. The molecule has 20 heavy (non-hydrogen) atoms. The molecule has 3 rings (SSSR count). The van der Waals surface area contributed by atoms with E-state index in [1.165, 1.54) is 0 Å². The molecule has 0 aliphatic heterocycles. The monoisotopic (exact) mass is 288 g/mol. The Morgan fingerprint density at radius 1 is 1.40 bits per heavy atom. The van der Waals surface area contributed by atoms with Gasteiger partial charge in [-0.2, -0.15) is 0 Å². The minimum Gasteiger partial charge on any atom is -0.479 e. The number of nitrogens with one attached hydrogen (secondary N) is 1. The van der Waals surface area contributed by atoms with Gasteiger partial charge in [0.15, 0.2) is 17.4 Å². The fraction of sp³-hybridized carbons (Fsp3) is 0.267. The molecule has 0 saturated heterocycles. The lowest BCUT2D eigenvalue weighted by Gasteiger charge is -2.17. The van der Waals surface area contributed by atoms with Gasteiger partial charge in [0.1, 0.15) is 5.01 Å². The summed E-state index contributed by atoms with van der Waals surface area (Å²) in [4.78, 5) is 4.37. The van der Waals surface area contributed by atoms with Gasteiger partial charge in [-0.3, -0.25) is 0 Å². The van der Waals surface area contributed by atoms with Gasteiger partial charge in [-0.05, 0) is 25.7 Å². The highest BCUT2D eigenvalue weighted by atomic mass is 32.1. The van der Waals surface area contributed by atoms with Crippen LogP contribution in [0, 0.1) is 0 Å². The highest BCUT2D eigenvalue weighted by Crippen LogP contribution is 2.32. The third kappa shape index (κ3) is 2.69. The molecule has 1 unspecified atom stereocenters. The van der Waals surface area contributed by atoms with Crippen LogP contribution in [0.1, 0.15) is 17.5 Å². The van der Waals surface area contributed by atoms with Crippen LogP contribution < -0.4 is 10.1 Å². The number of hydrogen-bond acceptors (Lipinski definition) is 5. The second-order valence-corrected chi connectivity index (χ2v) is 5.39. The summed E-state index contributed by atoms with van der Waals surface area (Å²) in [5.41, 5.74) is 0.790. The second-order valence-electron chi connectivity index (χ2n) is 4.46. The summed E-state index contributed by atoms with van der Waals surface area (Å²) in [6.45, 7) is 0.873. The summed E-state index contributed by atoms with van der Waals surface area (Å²) in [5.74, 6) is 0.767. The number of nitrogens with zero attached hydrogens (tertiary/aromatic N) is 1. The largest absolute Gasteiger partial charge is 0.479 e. The topological polar surface area (TPSA) is 47.3 Å². The molecule has 0 fully saturated rings. The van der Waals surface area contributed by atoms with Crippen molar-refractivity contribution in [3.05, 3.63) is 47.1 Å². The maximum Gasteiger partial charge on any atom is 0.175 e. The summed E-state index contributed by atoms with van der Waals surface area (Å²) in [7, 11) is 1.94. The molecule has 0 radical (unpaired) electrons. The van der Waals surface area contributed by atoms with E-state index >= 15 is 0 Å². The Balaban J connectivity index is 1.87. The fourth-order valence-electron chi connectivity index (χ4n) is 2.11. The van der Waals surface area contributed by atoms with Crippen LogP contribution in [-0.2, 0) is 0 Å². The molecule has 5 heteroatoms. The van der Waals surface area contributed by atoms with E-state index in [1.54, 1.807) is 17.6 Å². The number of aromatic nitrogens is 1. The molecular formula is C15H16N2O2S. The summed E-state index contributed by atoms with van der Waals surface area (Å²) in [6, 6.07) is 7.86. The van der Waals surface area contributed by atoms with Crippen LogP contribution in [-0.4, -0.2) is 18.6 Å². The molecule has 4 nitrogen and oxygen atoms in total. The molecule has 1 aromatic carbocycles. The first-order valence-corrected chi connectivity index (χ1v) is 7.43. The van der Waals surface area contributed by atoms with Crippen LogP contribution in [0.5, 0.6) is 5.75 Å². The van der Waals surface area contributed by atoms with E-state index in [0.717, 1.165) is 34.7 Å². The number of furan rings is 1. The summed E-state index contributed by atoms with van der Waals surface area (Å²) < 4.78 is 11.7. The van der Waals surface area contributed by atoms with Crippen molar-refractivity contribution in [1.29, 1.82) is 0 Å². The van der Waals surface area contributed by atoms with Gasteiger partial charge in [0, 0.05) is 23.4 Å². The smallest absolute Gasteiger partial charge is 0.175 e. The van der Waals surface area contributed by atoms with Gasteiger partial charge in [-0.25, -0.2) is 4.98 Å². The van der Waals surface area contributed by atoms with Gasteiger partial charge in [0.25, 0.3) is 0 Å². The van der Waals surface area contributed by atoms with E-state index in [0.29, 0.717) is 0 Å². The number of hydrogen-bond donors (Lipinski definition) is 1. The van der Waals surface area contributed by atoms with E-state index < -0.39 is 0 Å². The van der Waals surface area contributed by atoms with Crippen molar-refractivity contribution in [2.24, 2.45) is 0 Å². The standard InChI is InChI=1S/C15H16N2O2S/c1-16-7-5-13(15-17-8-10-20-15)19-12-4-2-3-11-6-9-18-14(11)12/h2-4,6,8-10,13,16H,5,7H2,1H3. The Morgan fingerprint density at radius 3 is 3.15 bits per heavy atom. The molecule has 3 aromatic rings. The average Bonchev–Trinajstić information content (AvgIpc) is 3.14. The molecule has 0 saturated carbocycles. The van der Waals surface area contributed by atoms with E-state index in [-0.39, 0.29) is 6.10 Å². The first-order chi connectivity index (χ1) is 9.88. The molecule has 104 valence electrons. The number of fused-ring (bicyclic) bond motifs is 1. The van der Waals surface area contributed by atoms with Crippen LogP contribution >= 0.6 is 11.3 Å². The van der Waals surface area contributed by atoms with Gasteiger partial charge < -0.3 is 14.5 Å². The first-order valence-electron chi connectivity index (χ1n) is 6.55. The average molecular weight is 288 g/mol. The first kappa shape index (κ1) is 13.1. The highest BCUT2D eigenvalue weighted by molar-refractivity contribution is 7.09. The van der Waals surface area contributed by atoms with Crippen molar-refractivity contribution in [2.75, 3.05) is 13.6 Å². The summed E-state index contributed by atoms with van der Waals surface area (Å²) >= 11 is 1.61. The highest BCUT2D eigenvalue weighted by Gasteiger charge is 2.17. The number of rotatable bonds is 6. The van der Waals surface area contributed by atoms with Crippen molar-refractivity contribution < 1.29 is 9.15 Å². The maximum atomic E-state index is 6.15. The molecule has 1 N–H and O–H groups in total. The fourth-order valence-corrected chi connectivity index (χ4v) is 2.81. The van der Waals surface area contributed by atoms with Crippen LogP contribution in [0.25, 0.3) is 11.0 Å². The van der Waals surface area contributed by atoms with Gasteiger partial charge in [-0.1, -0.05) is 12.1 Å². The van der Waals surface area contributed by atoms with Crippen molar-refractivity contribution in [3.63, 3.8) is 0 Å². The van der Waals surface area contributed by atoms with Gasteiger partial charge in [0.2, 0.25) is 0 Å². The molecule has 2 aromatic heterocycles. The number of ether oxygens (including phenoxy) is 1. The molecule has 0 aliphatic rings. The zero-order valence-corrected chi connectivity index (χ0v) is 12.0. The normalized spacial score (nSPS) is 12.7. The Kier molecular flexibility index (Phi) is 3.99. The lowest BCUT2D eigenvalue weighted by Crippen LogP contribution is -2.16. The van der Waals surface area contributed by atoms with Crippen LogP contribution in [0.15, 0.2) is 46.5 Å². The Bertz CT molecular complexity index is 663. The maximum absolute atomic E-state index is 6.15. The summed E-state index contributed by atoms with van der Waals surface area (Å²) in [6.07, 6.45) is 4.30. The van der Waals surface area contributed by atoms with E-state index in [1.807, 2.05) is 42.9 Å². The van der Waals surface area contributed by atoms with Crippen LogP contribution in [0.2, 0.25) is 0 Å². The molecule has 1 atom stereocenters. The molecule has 0 amide bonds. The molecule has 0 spiro atoms. The molecular weight excluding hydrogens is 272 g/mol. The van der Waals surface area contributed by atoms with Crippen molar-refractivity contribution in [1.82, 2.24) is 10.3 Å². The van der Waals surface area contributed by atoms with Gasteiger partial charge in [0.05, 0.1) is 6.26 Å². The third-order valence-electron chi connectivity index (χ3n) is 3.10. The third-order valence-corrected chi connectivity index (χ3v) is 3.96. The Morgan fingerprint density at radius 2 is 2.35 bits per heavy atom. The zero-order chi connectivity index (χ0) is 13.8. The van der Waals surface area contributed by atoms with Crippen molar-refractivity contribution in [2.45, 2.75) is 12.5 Å². The number of thiazole rings is 1. The number of benzene rings is 1. The Hall–Kier alpha value is -1.85. The predicted molar refractivity (Wildman–Crippen MR) is 80.2 cm³/mol. The van der Waals surface area contributed by atoms with Crippen LogP contribution in [0.4, 0.5) is 0 Å². The zero-order valence-electron chi connectivity index (χ0n) is 11.2. The SMILES string of the molecule is CNCCC(Oc1cccc2ccoc12)c1nccs1. The van der Waals surface area contributed by atoms with E-state index in [2.05, 4.69) is 10.3 Å². The van der Waals surface area contributed by atoms with E-state index in [9.17, 15) is 0 Å². The summed E-state index contributed by atoms with van der Waals surface area (Å²) in [5, 5.41) is 7.16. The van der Waals surface area contributed by atoms with Gasteiger partial charge in [-0.15, -0.1) is 11.3 Å². The number of para-hydroxylation sites is 1. The van der Waals surface area contributed by atoms with E-state index in [4.69, 9.17) is 9.15 Å². The van der Waals surface area contributed by atoms with Crippen LogP contribution in [0.3, 0.4) is 0 Å². The Labute approximate surface area is 121 Å².